The number of rotatable bonds is 2. The Hall–Kier alpha value is -1.45. The fraction of sp³-hybridized carbons (Fsp3) is 0.0769. The minimum absolute atomic E-state index is 0.0955. The van der Waals surface area contributed by atoms with Crippen molar-refractivity contribution in [2.75, 3.05) is 0 Å². The van der Waals surface area contributed by atoms with Crippen LogP contribution in [0.1, 0.15) is 17.2 Å². The van der Waals surface area contributed by atoms with Gasteiger partial charge in [0.25, 0.3) is 0 Å². The van der Waals surface area contributed by atoms with Crippen molar-refractivity contribution in [3.63, 3.8) is 0 Å². The topological polar surface area (TPSA) is 26.0 Å². The van der Waals surface area contributed by atoms with E-state index in [0.717, 1.165) is 18.2 Å². The third-order valence-corrected chi connectivity index (χ3v) is 2.88. The summed E-state index contributed by atoms with van der Waals surface area (Å²) < 4.78 is 26.6. The number of hydrogen-bond acceptors (Lipinski definition) is 1. The molecule has 0 saturated heterocycles. The van der Waals surface area contributed by atoms with Gasteiger partial charge in [0.1, 0.15) is 11.6 Å². The normalized spacial score (nSPS) is 12.5. The first-order valence-electron chi connectivity index (χ1n) is 5.04. The first kappa shape index (κ1) is 12.0. The SMILES string of the molecule is N[C@@H](c1cc(F)ccc1F)c1ccccc1Cl. The van der Waals surface area contributed by atoms with Crippen molar-refractivity contribution in [2.45, 2.75) is 6.04 Å². The highest BCUT2D eigenvalue weighted by molar-refractivity contribution is 6.31. The standard InChI is InChI=1S/C13H10ClF2N/c14-11-4-2-1-3-9(11)13(17)10-7-8(15)5-6-12(10)16/h1-7,13H,17H2/t13-/m1/s1. The van der Waals surface area contributed by atoms with E-state index in [1.807, 2.05) is 0 Å². The summed E-state index contributed by atoms with van der Waals surface area (Å²) in [4.78, 5) is 0. The van der Waals surface area contributed by atoms with Crippen LogP contribution in [0.5, 0.6) is 0 Å². The van der Waals surface area contributed by atoms with Crippen molar-refractivity contribution < 1.29 is 8.78 Å². The maximum atomic E-state index is 13.5. The van der Waals surface area contributed by atoms with Gasteiger partial charge in [-0.1, -0.05) is 29.8 Å². The first-order chi connectivity index (χ1) is 8.09. The molecule has 1 atom stereocenters. The average molecular weight is 254 g/mol. The van der Waals surface area contributed by atoms with Crippen LogP contribution < -0.4 is 5.73 Å². The van der Waals surface area contributed by atoms with Crippen molar-refractivity contribution in [1.82, 2.24) is 0 Å². The highest BCUT2D eigenvalue weighted by atomic mass is 35.5. The molecule has 0 amide bonds. The molecule has 2 rings (SSSR count). The van der Waals surface area contributed by atoms with Crippen LogP contribution in [0.15, 0.2) is 42.5 Å². The molecule has 0 heterocycles. The predicted molar refractivity (Wildman–Crippen MR) is 63.8 cm³/mol. The van der Waals surface area contributed by atoms with Crippen molar-refractivity contribution in [3.8, 4) is 0 Å². The summed E-state index contributed by atoms with van der Waals surface area (Å²) in [5.41, 5.74) is 6.56. The van der Waals surface area contributed by atoms with Gasteiger partial charge in [-0.05, 0) is 29.8 Å². The van der Waals surface area contributed by atoms with E-state index in [9.17, 15) is 8.78 Å². The molecular formula is C13H10ClF2N. The summed E-state index contributed by atoms with van der Waals surface area (Å²) in [6, 6.07) is 9.27. The zero-order chi connectivity index (χ0) is 12.4. The van der Waals surface area contributed by atoms with Crippen molar-refractivity contribution in [3.05, 3.63) is 70.2 Å². The van der Waals surface area contributed by atoms with Gasteiger partial charge in [0.05, 0.1) is 6.04 Å². The van der Waals surface area contributed by atoms with E-state index in [2.05, 4.69) is 0 Å². The smallest absolute Gasteiger partial charge is 0.128 e. The molecule has 0 fully saturated rings. The highest BCUT2D eigenvalue weighted by Gasteiger charge is 2.16. The van der Waals surface area contributed by atoms with Crippen molar-refractivity contribution in [2.24, 2.45) is 5.73 Å². The zero-order valence-corrected chi connectivity index (χ0v) is 9.59. The minimum Gasteiger partial charge on any atom is -0.320 e. The Morgan fingerprint density at radius 1 is 1.00 bits per heavy atom. The second-order valence-corrected chi connectivity index (χ2v) is 4.07. The number of hydrogen-bond donors (Lipinski definition) is 1. The largest absolute Gasteiger partial charge is 0.320 e. The molecule has 0 bridgehead atoms. The summed E-state index contributed by atoms with van der Waals surface area (Å²) in [6.07, 6.45) is 0. The van der Waals surface area contributed by atoms with Gasteiger partial charge in [-0.2, -0.15) is 0 Å². The molecule has 0 aliphatic heterocycles. The minimum atomic E-state index is -0.778. The van der Waals surface area contributed by atoms with Gasteiger partial charge in [-0.25, -0.2) is 8.78 Å². The molecule has 0 saturated carbocycles. The van der Waals surface area contributed by atoms with Crippen LogP contribution in [-0.2, 0) is 0 Å². The number of benzene rings is 2. The lowest BCUT2D eigenvalue weighted by atomic mass is 9.99. The van der Waals surface area contributed by atoms with Gasteiger partial charge in [0.2, 0.25) is 0 Å². The van der Waals surface area contributed by atoms with Gasteiger partial charge in [-0.3, -0.25) is 0 Å². The van der Waals surface area contributed by atoms with E-state index >= 15 is 0 Å². The first-order valence-corrected chi connectivity index (χ1v) is 5.42. The van der Waals surface area contributed by atoms with Crippen LogP contribution in [0.3, 0.4) is 0 Å². The van der Waals surface area contributed by atoms with Crippen LogP contribution in [0, 0.1) is 11.6 Å². The Bertz CT molecular complexity index is 543. The number of nitrogens with two attached hydrogens (primary N) is 1. The number of halogens is 3. The van der Waals surface area contributed by atoms with E-state index in [-0.39, 0.29) is 5.56 Å². The lowest BCUT2D eigenvalue weighted by Gasteiger charge is -2.14. The molecule has 0 aliphatic rings. The lowest BCUT2D eigenvalue weighted by Crippen LogP contribution is -2.14. The monoisotopic (exact) mass is 253 g/mol. The van der Waals surface area contributed by atoms with E-state index in [1.54, 1.807) is 24.3 Å². The summed E-state index contributed by atoms with van der Waals surface area (Å²) in [5, 5.41) is 0.434. The Labute approximate surface area is 103 Å². The molecule has 2 N–H and O–H groups in total. The molecule has 88 valence electrons. The summed E-state index contributed by atoms with van der Waals surface area (Å²) in [5.74, 6) is -1.07. The second kappa shape index (κ2) is 4.82. The molecule has 0 radical (unpaired) electrons. The van der Waals surface area contributed by atoms with Gasteiger partial charge in [0.15, 0.2) is 0 Å². The van der Waals surface area contributed by atoms with Crippen molar-refractivity contribution in [1.29, 1.82) is 0 Å². The van der Waals surface area contributed by atoms with Crippen LogP contribution in [-0.4, -0.2) is 0 Å². The highest BCUT2D eigenvalue weighted by Crippen LogP contribution is 2.28. The Balaban J connectivity index is 2.47. The van der Waals surface area contributed by atoms with Gasteiger partial charge >= 0.3 is 0 Å². The molecule has 0 spiro atoms. The van der Waals surface area contributed by atoms with Crippen LogP contribution in [0.4, 0.5) is 8.78 Å². The molecule has 0 unspecified atom stereocenters. The molecular weight excluding hydrogens is 244 g/mol. The zero-order valence-electron chi connectivity index (χ0n) is 8.83. The maximum absolute atomic E-state index is 13.5. The molecule has 2 aromatic rings. The average Bonchev–Trinajstić information content (AvgIpc) is 2.32. The van der Waals surface area contributed by atoms with Crippen LogP contribution in [0.25, 0.3) is 0 Å². The van der Waals surface area contributed by atoms with E-state index < -0.39 is 17.7 Å². The fourth-order valence-electron chi connectivity index (χ4n) is 1.65. The molecule has 0 aromatic heterocycles. The molecule has 17 heavy (non-hydrogen) atoms. The Kier molecular flexibility index (Phi) is 3.41. The van der Waals surface area contributed by atoms with Gasteiger partial charge in [0, 0.05) is 10.6 Å². The third kappa shape index (κ3) is 2.46. The third-order valence-electron chi connectivity index (χ3n) is 2.53. The second-order valence-electron chi connectivity index (χ2n) is 3.67. The summed E-state index contributed by atoms with van der Waals surface area (Å²) >= 11 is 5.96. The molecule has 4 heteroatoms. The van der Waals surface area contributed by atoms with Crippen LogP contribution in [0.2, 0.25) is 5.02 Å². The predicted octanol–water partition coefficient (Wildman–Crippen LogP) is 3.67. The fourth-order valence-corrected chi connectivity index (χ4v) is 1.90. The van der Waals surface area contributed by atoms with E-state index in [1.165, 1.54) is 0 Å². The quantitative estimate of drug-likeness (QED) is 0.868. The summed E-state index contributed by atoms with van der Waals surface area (Å²) in [7, 11) is 0. The maximum Gasteiger partial charge on any atom is 0.128 e. The molecule has 0 aliphatic carbocycles. The molecule has 2 aromatic carbocycles. The van der Waals surface area contributed by atoms with Gasteiger partial charge < -0.3 is 5.73 Å². The van der Waals surface area contributed by atoms with E-state index in [0.29, 0.717) is 10.6 Å². The van der Waals surface area contributed by atoms with Crippen molar-refractivity contribution >= 4 is 11.6 Å². The lowest BCUT2D eigenvalue weighted by molar-refractivity contribution is 0.576. The molecule has 1 nitrogen and oxygen atoms in total. The van der Waals surface area contributed by atoms with E-state index in [4.69, 9.17) is 17.3 Å². The summed E-state index contributed by atoms with van der Waals surface area (Å²) in [6.45, 7) is 0. The Morgan fingerprint density at radius 2 is 1.71 bits per heavy atom. The van der Waals surface area contributed by atoms with Gasteiger partial charge in [-0.15, -0.1) is 0 Å². The van der Waals surface area contributed by atoms with Crippen LogP contribution >= 0.6 is 11.6 Å². The Morgan fingerprint density at radius 3 is 2.41 bits per heavy atom.